The van der Waals surface area contributed by atoms with Crippen molar-refractivity contribution in [3.8, 4) is 0 Å². The van der Waals surface area contributed by atoms with Crippen LogP contribution < -0.4 is 10.2 Å². The summed E-state index contributed by atoms with van der Waals surface area (Å²) < 4.78 is 0. The Kier molecular flexibility index (Phi) is 4.76. The molecule has 1 aliphatic rings. The molecule has 104 valence electrons. The molecule has 1 fully saturated rings. The van der Waals surface area contributed by atoms with Crippen molar-refractivity contribution in [3.63, 3.8) is 0 Å². The molecule has 19 heavy (non-hydrogen) atoms. The Hall–Kier alpha value is -1.59. The SMILES string of the molecule is O=C(O)CCC(O)c1ccc(N2CCNCC2)cc1. The number of piperazine rings is 1. The average molecular weight is 264 g/mol. The molecule has 0 amide bonds. The van der Waals surface area contributed by atoms with Crippen molar-refractivity contribution in [2.75, 3.05) is 31.1 Å². The van der Waals surface area contributed by atoms with Crippen molar-refractivity contribution in [1.82, 2.24) is 5.32 Å². The standard InChI is InChI=1S/C14H20N2O3/c17-13(5-6-14(18)19)11-1-3-12(4-2-11)16-9-7-15-8-10-16/h1-4,13,15,17H,5-10H2,(H,18,19). The summed E-state index contributed by atoms with van der Waals surface area (Å²) in [5.41, 5.74) is 1.93. The van der Waals surface area contributed by atoms with Crippen molar-refractivity contribution in [2.45, 2.75) is 18.9 Å². The molecule has 0 spiro atoms. The average Bonchev–Trinajstić information content (AvgIpc) is 2.46. The Morgan fingerprint density at radius 1 is 1.26 bits per heavy atom. The van der Waals surface area contributed by atoms with Crippen LogP contribution in [0.2, 0.25) is 0 Å². The van der Waals surface area contributed by atoms with E-state index in [2.05, 4.69) is 10.2 Å². The number of anilines is 1. The normalized spacial score (nSPS) is 17.2. The summed E-state index contributed by atoms with van der Waals surface area (Å²) in [7, 11) is 0. The van der Waals surface area contributed by atoms with Gasteiger partial charge in [-0.15, -0.1) is 0 Å². The molecule has 1 atom stereocenters. The number of nitrogens with zero attached hydrogens (tertiary/aromatic N) is 1. The fraction of sp³-hybridized carbons (Fsp3) is 0.500. The second kappa shape index (κ2) is 6.54. The summed E-state index contributed by atoms with van der Waals surface area (Å²) in [6.45, 7) is 3.95. The maximum absolute atomic E-state index is 10.5. The predicted molar refractivity (Wildman–Crippen MR) is 73.4 cm³/mol. The second-order valence-corrected chi connectivity index (χ2v) is 4.78. The highest BCUT2D eigenvalue weighted by Crippen LogP contribution is 2.22. The highest BCUT2D eigenvalue weighted by Gasteiger charge is 2.12. The van der Waals surface area contributed by atoms with Gasteiger partial charge in [0.05, 0.1) is 6.10 Å². The number of hydrogen-bond donors (Lipinski definition) is 3. The monoisotopic (exact) mass is 264 g/mol. The van der Waals surface area contributed by atoms with E-state index < -0.39 is 12.1 Å². The molecule has 2 rings (SSSR count). The zero-order chi connectivity index (χ0) is 13.7. The molecule has 5 heteroatoms. The van der Waals surface area contributed by atoms with E-state index in [1.54, 1.807) is 0 Å². The summed E-state index contributed by atoms with van der Waals surface area (Å²) >= 11 is 0. The Morgan fingerprint density at radius 2 is 1.89 bits per heavy atom. The van der Waals surface area contributed by atoms with E-state index in [-0.39, 0.29) is 12.8 Å². The lowest BCUT2D eigenvalue weighted by atomic mass is 10.0. The van der Waals surface area contributed by atoms with Crippen LogP contribution in [0.25, 0.3) is 0 Å². The van der Waals surface area contributed by atoms with Gasteiger partial charge < -0.3 is 20.4 Å². The van der Waals surface area contributed by atoms with Crippen molar-refractivity contribution in [3.05, 3.63) is 29.8 Å². The van der Waals surface area contributed by atoms with Gasteiger partial charge in [-0.1, -0.05) is 12.1 Å². The Labute approximate surface area is 112 Å². The van der Waals surface area contributed by atoms with Crippen LogP contribution in [0, 0.1) is 0 Å². The first kappa shape index (κ1) is 13.8. The lowest BCUT2D eigenvalue weighted by molar-refractivity contribution is -0.137. The second-order valence-electron chi connectivity index (χ2n) is 4.78. The quantitative estimate of drug-likeness (QED) is 0.740. The maximum Gasteiger partial charge on any atom is 0.303 e. The number of aliphatic carboxylic acids is 1. The molecular weight excluding hydrogens is 244 g/mol. The summed E-state index contributed by atoms with van der Waals surface area (Å²) in [6.07, 6.45) is -0.462. The molecule has 3 N–H and O–H groups in total. The van der Waals surface area contributed by atoms with Crippen molar-refractivity contribution >= 4 is 11.7 Å². The first-order chi connectivity index (χ1) is 9.16. The van der Waals surface area contributed by atoms with Crippen LogP contribution in [0.15, 0.2) is 24.3 Å². The Bertz CT molecular complexity index is 413. The van der Waals surface area contributed by atoms with E-state index in [1.807, 2.05) is 24.3 Å². The van der Waals surface area contributed by atoms with Gasteiger partial charge in [-0.05, 0) is 24.1 Å². The van der Waals surface area contributed by atoms with Gasteiger partial charge >= 0.3 is 5.97 Å². The molecule has 1 unspecified atom stereocenters. The highest BCUT2D eigenvalue weighted by atomic mass is 16.4. The summed E-state index contributed by atoms with van der Waals surface area (Å²) in [4.78, 5) is 12.8. The topological polar surface area (TPSA) is 72.8 Å². The Morgan fingerprint density at radius 3 is 2.47 bits per heavy atom. The number of aliphatic hydroxyl groups excluding tert-OH is 1. The van der Waals surface area contributed by atoms with Crippen molar-refractivity contribution in [1.29, 1.82) is 0 Å². The van der Waals surface area contributed by atoms with Crippen LogP contribution in [0.5, 0.6) is 0 Å². The molecular formula is C14H20N2O3. The number of rotatable bonds is 5. The molecule has 1 aromatic carbocycles. The molecule has 5 nitrogen and oxygen atoms in total. The van der Waals surface area contributed by atoms with Crippen molar-refractivity contribution < 1.29 is 15.0 Å². The zero-order valence-corrected chi connectivity index (χ0v) is 10.9. The molecule has 1 saturated heterocycles. The van der Waals surface area contributed by atoms with Crippen LogP contribution in [0.4, 0.5) is 5.69 Å². The third-order valence-corrected chi connectivity index (χ3v) is 3.39. The fourth-order valence-electron chi connectivity index (χ4n) is 2.26. The molecule has 1 heterocycles. The minimum Gasteiger partial charge on any atom is -0.481 e. The number of nitrogens with one attached hydrogen (secondary N) is 1. The van der Waals surface area contributed by atoms with Crippen LogP contribution in [-0.2, 0) is 4.79 Å². The van der Waals surface area contributed by atoms with Crippen LogP contribution in [-0.4, -0.2) is 42.4 Å². The van der Waals surface area contributed by atoms with Crippen LogP contribution in [0.3, 0.4) is 0 Å². The molecule has 0 bridgehead atoms. The van der Waals surface area contributed by atoms with Gasteiger partial charge in [0.1, 0.15) is 0 Å². The molecule has 0 radical (unpaired) electrons. The summed E-state index contributed by atoms with van der Waals surface area (Å²) in [5, 5.41) is 21.8. The number of benzene rings is 1. The summed E-state index contributed by atoms with van der Waals surface area (Å²) in [6, 6.07) is 7.74. The molecule has 0 saturated carbocycles. The third kappa shape index (κ3) is 3.94. The van der Waals surface area contributed by atoms with Gasteiger partial charge in [0.25, 0.3) is 0 Å². The minimum absolute atomic E-state index is 0.0132. The fourth-order valence-corrected chi connectivity index (χ4v) is 2.26. The van der Waals surface area contributed by atoms with Gasteiger partial charge in [0.2, 0.25) is 0 Å². The number of hydrogen-bond acceptors (Lipinski definition) is 4. The van der Waals surface area contributed by atoms with E-state index in [1.165, 1.54) is 0 Å². The van der Waals surface area contributed by atoms with Gasteiger partial charge in [0.15, 0.2) is 0 Å². The zero-order valence-electron chi connectivity index (χ0n) is 10.9. The molecule has 1 aliphatic heterocycles. The largest absolute Gasteiger partial charge is 0.481 e. The number of aliphatic hydroxyl groups is 1. The first-order valence-electron chi connectivity index (χ1n) is 6.62. The van der Waals surface area contributed by atoms with E-state index in [9.17, 15) is 9.90 Å². The van der Waals surface area contributed by atoms with Gasteiger partial charge in [-0.3, -0.25) is 4.79 Å². The highest BCUT2D eigenvalue weighted by molar-refractivity contribution is 5.66. The van der Waals surface area contributed by atoms with Crippen LogP contribution >= 0.6 is 0 Å². The van der Waals surface area contributed by atoms with E-state index in [4.69, 9.17) is 5.11 Å². The number of carboxylic acids is 1. The predicted octanol–water partition coefficient (Wildman–Crippen LogP) is 0.994. The van der Waals surface area contributed by atoms with E-state index in [0.717, 1.165) is 37.4 Å². The van der Waals surface area contributed by atoms with Gasteiger partial charge in [0, 0.05) is 38.3 Å². The lowest BCUT2D eigenvalue weighted by Crippen LogP contribution is -2.43. The number of carbonyl (C=O) groups is 1. The van der Waals surface area contributed by atoms with E-state index in [0.29, 0.717) is 0 Å². The molecule has 0 aliphatic carbocycles. The lowest BCUT2D eigenvalue weighted by Gasteiger charge is -2.29. The van der Waals surface area contributed by atoms with Crippen molar-refractivity contribution in [2.24, 2.45) is 0 Å². The van der Waals surface area contributed by atoms with E-state index >= 15 is 0 Å². The van der Waals surface area contributed by atoms with Crippen LogP contribution in [0.1, 0.15) is 24.5 Å². The van der Waals surface area contributed by atoms with Gasteiger partial charge in [-0.2, -0.15) is 0 Å². The molecule has 0 aromatic heterocycles. The first-order valence-corrected chi connectivity index (χ1v) is 6.62. The third-order valence-electron chi connectivity index (χ3n) is 3.39. The summed E-state index contributed by atoms with van der Waals surface area (Å²) in [5.74, 6) is -0.878. The Balaban J connectivity index is 1.95. The number of carboxylic acid groups (broad SMARTS) is 1. The maximum atomic E-state index is 10.5. The van der Waals surface area contributed by atoms with Gasteiger partial charge in [-0.25, -0.2) is 0 Å². The smallest absolute Gasteiger partial charge is 0.303 e. The minimum atomic E-state index is -0.878. The molecule has 1 aromatic rings.